The number of hydrogen-bond donors (Lipinski definition) is 2. The predicted octanol–water partition coefficient (Wildman–Crippen LogP) is 6.12. The zero-order valence-electron chi connectivity index (χ0n) is 21.7. The van der Waals surface area contributed by atoms with E-state index in [-0.39, 0.29) is 35.6 Å². The van der Waals surface area contributed by atoms with E-state index in [9.17, 15) is 9.90 Å². The first-order valence-electron chi connectivity index (χ1n) is 13.0. The monoisotopic (exact) mass is 589 g/mol. The van der Waals surface area contributed by atoms with Gasteiger partial charge in [-0.15, -0.1) is 0 Å². The van der Waals surface area contributed by atoms with Crippen LogP contribution in [0.2, 0.25) is 10.3 Å². The topological polar surface area (TPSA) is 111 Å². The van der Waals surface area contributed by atoms with Crippen LogP contribution in [0.15, 0.2) is 85.3 Å². The van der Waals surface area contributed by atoms with Crippen molar-refractivity contribution >= 4 is 45.8 Å². The van der Waals surface area contributed by atoms with Crippen LogP contribution in [0.25, 0.3) is 11.0 Å². The smallest absolute Gasteiger partial charge is 0.275 e. The lowest BCUT2D eigenvalue weighted by molar-refractivity contribution is -0.252. The third-order valence-electron chi connectivity index (χ3n) is 6.87. The highest BCUT2D eigenvalue weighted by Crippen LogP contribution is 2.39. The molecule has 2 N–H and O–H groups in total. The molecular formula is C30H25Cl2N5O4. The minimum absolute atomic E-state index is 0.0314. The van der Waals surface area contributed by atoms with Crippen LogP contribution in [-0.2, 0) is 22.6 Å². The zero-order valence-corrected chi connectivity index (χ0v) is 23.2. The molecule has 0 aliphatic carbocycles. The maximum atomic E-state index is 12.8. The average Bonchev–Trinajstić information content (AvgIpc) is 3.33. The summed E-state index contributed by atoms with van der Waals surface area (Å²) in [5.74, 6) is -0.358. The SMILES string of the molecule is O=C(Nc1ccc(C2OC(Cn3cnc(Cl)c3Cl)CC(c3ccc(CO)cc3)O2)cc1)c1cnc2ccccc2n1. The van der Waals surface area contributed by atoms with Crippen LogP contribution in [0.1, 0.15) is 46.0 Å². The van der Waals surface area contributed by atoms with Gasteiger partial charge in [0.05, 0.1) is 48.9 Å². The number of hydrogen-bond acceptors (Lipinski definition) is 7. The Labute approximate surface area is 245 Å². The van der Waals surface area contributed by atoms with Gasteiger partial charge in [0.2, 0.25) is 0 Å². The summed E-state index contributed by atoms with van der Waals surface area (Å²) in [5.41, 5.74) is 4.76. The van der Waals surface area contributed by atoms with Crippen molar-refractivity contribution in [1.29, 1.82) is 0 Å². The first-order chi connectivity index (χ1) is 20.0. The summed E-state index contributed by atoms with van der Waals surface area (Å²) in [5, 5.41) is 12.9. The minimum Gasteiger partial charge on any atom is -0.392 e. The van der Waals surface area contributed by atoms with Crippen molar-refractivity contribution in [1.82, 2.24) is 19.5 Å². The highest BCUT2D eigenvalue weighted by molar-refractivity contribution is 6.40. The molecule has 3 aromatic carbocycles. The Morgan fingerprint density at radius 2 is 1.68 bits per heavy atom. The minimum atomic E-state index is -0.676. The van der Waals surface area contributed by atoms with Gasteiger partial charge < -0.3 is 24.5 Å². The number of rotatable bonds is 7. The number of nitrogens with zero attached hydrogens (tertiary/aromatic N) is 4. The molecule has 6 rings (SSSR count). The largest absolute Gasteiger partial charge is 0.392 e. The van der Waals surface area contributed by atoms with Crippen LogP contribution in [0.5, 0.6) is 0 Å². The van der Waals surface area contributed by atoms with E-state index in [0.717, 1.165) is 22.2 Å². The molecule has 208 valence electrons. The molecule has 0 bridgehead atoms. The lowest BCUT2D eigenvalue weighted by Crippen LogP contribution is -2.32. The van der Waals surface area contributed by atoms with Crippen molar-refractivity contribution < 1.29 is 19.4 Å². The van der Waals surface area contributed by atoms with Gasteiger partial charge in [0.25, 0.3) is 5.91 Å². The van der Waals surface area contributed by atoms with Crippen molar-refractivity contribution in [2.45, 2.75) is 38.1 Å². The number of amides is 1. The van der Waals surface area contributed by atoms with Gasteiger partial charge in [0.15, 0.2) is 11.4 Å². The number of carbonyl (C=O) groups excluding carboxylic acids is 1. The number of nitrogens with one attached hydrogen (secondary N) is 1. The van der Waals surface area contributed by atoms with Crippen molar-refractivity contribution in [2.24, 2.45) is 0 Å². The number of anilines is 1. The van der Waals surface area contributed by atoms with E-state index < -0.39 is 6.29 Å². The van der Waals surface area contributed by atoms with Gasteiger partial charge in [0, 0.05) is 17.7 Å². The number of fused-ring (bicyclic) bond motifs is 1. The van der Waals surface area contributed by atoms with Gasteiger partial charge in [-0.2, -0.15) is 0 Å². The third-order valence-corrected chi connectivity index (χ3v) is 7.64. The molecule has 0 spiro atoms. The number of halogens is 2. The molecule has 41 heavy (non-hydrogen) atoms. The highest BCUT2D eigenvalue weighted by atomic mass is 35.5. The molecule has 3 atom stereocenters. The van der Waals surface area contributed by atoms with E-state index in [1.807, 2.05) is 60.7 Å². The number of benzene rings is 3. The summed E-state index contributed by atoms with van der Waals surface area (Å²) in [7, 11) is 0. The van der Waals surface area contributed by atoms with Crippen LogP contribution < -0.4 is 5.32 Å². The van der Waals surface area contributed by atoms with Crippen LogP contribution >= 0.6 is 23.2 Å². The molecule has 1 amide bonds. The summed E-state index contributed by atoms with van der Waals surface area (Å²) in [6.45, 7) is 0.404. The Bertz CT molecular complexity index is 1680. The normalized spacial score (nSPS) is 18.9. The molecule has 3 unspecified atom stereocenters. The molecule has 2 aromatic heterocycles. The zero-order chi connectivity index (χ0) is 28.3. The fraction of sp³-hybridized carbons (Fsp3) is 0.200. The van der Waals surface area contributed by atoms with Crippen molar-refractivity contribution in [2.75, 3.05) is 5.32 Å². The molecule has 3 heterocycles. The average molecular weight is 590 g/mol. The van der Waals surface area contributed by atoms with Crippen molar-refractivity contribution in [3.63, 3.8) is 0 Å². The van der Waals surface area contributed by atoms with Crippen molar-refractivity contribution in [3.05, 3.63) is 118 Å². The quantitative estimate of drug-likeness (QED) is 0.235. The van der Waals surface area contributed by atoms with E-state index >= 15 is 0 Å². The van der Waals surface area contributed by atoms with Crippen LogP contribution in [-0.4, -0.2) is 36.6 Å². The van der Waals surface area contributed by atoms with Gasteiger partial charge in [0.1, 0.15) is 10.8 Å². The number of aromatic nitrogens is 4. The first-order valence-corrected chi connectivity index (χ1v) is 13.7. The van der Waals surface area contributed by atoms with Gasteiger partial charge in [-0.05, 0) is 35.4 Å². The number of carbonyl (C=O) groups is 1. The molecule has 11 heteroatoms. The summed E-state index contributed by atoms with van der Waals surface area (Å²) in [6, 6.07) is 22.3. The molecule has 1 saturated heterocycles. The second kappa shape index (κ2) is 11.9. The molecule has 1 aliphatic heterocycles. The Morgan fingerprint density at radius 1 is 0.951 bits per heavy atom. The lowest BCUT2D eigenvalue weighted by atomic mass is 10.00. The van der Waals surface area contributed by atoms with Crippen molar-refractivity contribution in [3.8, 4) is 0 Å². The van der Waals surface area contributed by atoms with E-state index in [1.54, 1.807) is 23.0 Å². The number of aliphatic hydroxyl groups excluding tert-OH is 1. The number of ether oxygens (including phenoxy) is 2. The summed E-state index contributed by atoms with van der Waals surface area (Å²) < 4.78 is 14.5. The summed E-state index contributed by atoms with van der Waals surface area (Å²) >= 11 is 12.4. The second-order valence-electron chi connectivity index (χ2n) is 9.65. The maximum Gasteiger partial charge on any atom is 0.275 e. The van der Waals surface area contributed by atoms with E-state index in [0.29, 0.717) is 29.3 Å². The van der Waals surface area contributed by atoms with Crippen LogP contribution in [0.4, 0.5) is 5.69 Å². The van der Waals surface area contributed by atoms with Gasteiger partial charge in [-0.3, -0.25) is 9.78 Å². The molecule has 9 nitrogen and oxygen atoms in total. The fourth-order valence-electron chi connectivity index (χ4n) is 4.71. The lowest BCUT2D eigenvalue weighted by Gasteiger charge is -2.36. The van der Waals surface area contributed by atoms with E-state index in [2.05, 4.69) is 20.3 Å². The summed E-state index contributed by atoms with van der Waals surface area (Å²) in [6.07, 6.45) is 2.41. The van der Waals surface area contributed by atoms with E-state index in [1.165, 1.54) is 6.20 Å². The molecule has 5 aromatic rings. The molecule has 1 fully saturated rings. The molecule has 0 radical (unpaired) electrons. The molecular weight excluding hydrogens is 565 g/mol. The van der Waals surface area contributed by atoms with E-state index in [4.69, 9.17) is 32.7 Å². The predicted molar refractivity (Wildman–Crippen MR) is 155 cm³/mol. The Morgan fingerprint density at radius 3 is 2.39 bits per heavy atom. The van der Waals surface area contributed by atoms with Gasteiger partial charge in [-0.25, -0.2) is 9.97 Å². The third kappa shape index (κ3) is 6.09. The maximum absolute atomic E-state index is 12.8. The highest BCUT2D eigenvalue weighted by Gasteiger charge is 2.33. The van der Waals surface area contributed by atoms with Crippen LogP contribution in [0.3, 0.4) is 0 Å². The number of aliphatic hydroxyl groups is 1. The molecule has 1 aliphatic rings. The Hall–Kier alpha value is -3.86. The van der Waals surface area contributed by atoms with Gasteiger partial charge in [-0.1, -0.05) is 71.7 Å². The fourth-order valence-corrected chi connectivity index (χ4v) is 5.02. The van der Waals surface area contributed by atoms with Crippen LogP contribution in [0, 0.1) is 0 Å². The number of imidazole rings is 1. The number of para-hydroxylation sites is 2. The van der Waals surface area contributed by atoms with Gasteiger partial charge >= 0.3 is 0 Å². The molecule has 0 saturated carbocycles. The standard InChI is InChI=1S/C30H25Cl2N5O4/c31-27-28(32)37(17-34-27)15-22-13-26(19-7-5-18(16-38)6-8-19)41-30(40-22)20-9-11-21(12-10-20)35-29(39)25-14-33-23-3-1-2-4-24(23)36-25/h1-12,14,17,22,26,30,38H,13,15-16H2,(H,35,39). The Balaban J connectivity index is 1.20. The first kappa shape index (κ1) is 27.3. The Kier molecular flexibility index (Phi) is 7.95. The summed E-state index contributed by atoms with van der Waals surface area (Å²) in [4.78, 5) is 25.6. The second-order valence-corrected chi connectivity index (χ2v) is 10.4.